The summed E-state index contributed by atoms with van der Waals surface area (Å²) in [6, 6.07) is 22.5. The highest BCUT2D eigenvalue weighted by atomic mass is 16.2. The Kier molecular flexibility index (Phi) is 4.98. The number of amides is 2. The number of carbonyl (C=O) groups is 2. The van der Waals surface area contributed by atoms with Gasteiger partial charge in [0.05, 0.1) is 17.6 Å². The summed E-state index contributed by atoms with van der Waals surface area (Å²) in [4.78, 5) is 36.2. The highest BCUT2D eigenvalue weighted by Gasteiger charge is 2.64. The maximum Gasteiger partial charge on any atom is 0.273 e. The van der Waals surface area contributed by atoms with E-state index in [1.807, 2.05) is 42.5 Å². The van der Waals surface area contributed by atoms with Crippen molar-refractivity contribution in [2.24, 2.45) is 5.41 Å². The number of aromatic nitrogens is 1. The molecule has 3 fully saturated rings. The normalized spacial score (nSPS) is 29.9. The van der Waals surface area contributed by atoms with Crippen molar-refractivity contribution in [1.29, 1.82) is 0 Å². The van der Waals surface area contributed by atoms with Crippen molar-refractivity contribution >= 4 is 22.7 Å². The number of benzene rings is 2. The molecule has 34 heavy (non-hydrogen) atoms. The zero-order valence-electron chi connectivity index (χ0n) is 19.9. The topological polar surface area (TPSA) is 53.5 Å². The molecule has 3 heterocycles. The fourth-order valence-electron chi connectivity index (χ4n) is 7.24. The van der Waals surface area contributed by atoms with Gasteiger partial charge in [0.2, 0.25) is 5.91 Å². The van der Waals surface area contributed by atoms with Gasteiger partial charge in [0.15, 0.2) is 0 Å². The number of piperidine rings is 1. The van der Waals surface area contributed by atoms with Gasteiger partial charge in [-0.25, -0.2) is 4.98 Å². The number of nitrogens with zero attached hydrogens (tertiary/aromatic N) is 3. The number of likely N-dealkylation sites (tertiary alicyclic amines) is 2. The lowest BCUT2D eigenvalue weighted by atomic mass is 9.64. The molecule has 1 aliphatic carbocycles. The fourth-order valence-corrected chi connectivity index (χ4v) is 7.24. The van der Waals surface area contributed by atoms with Gasteiger partial charge in [-0.05, 0) is 49.8 Å². The van der Waals surface area contributed by atoms with Gasteiger partial charge in [-0.1, -0.05) is 61.5 Å². The number of carbonyl (C=O) groups excluding carboxylic acids is 2. The maximum absolute atomic E-state index is 14.1. The molecule has 0 spiro atoms. The Morgan fingerprint density at radius 2 is 1.65 bits per heavy atom. The minimum Gasteiger partial charge on any atom is -0.334 e. The highest BCUT2D eigenvalue weighted by Crippen LogP contribution is 2.56. The van der Waals surface area contributed by atoms with E-state index in [0.29, 0.717) is 5.69 Å². The van der Waals surface area contributed by atoms with Crippen molar-refractivity contribution in [3.8, 4) is 0 Å². The summed E-state index contributed by atoms with van der Waals surface area (Å²) in [5.74, 6) is 0.134. The smallest absolute Gasteiger partial charge is 0.273 e. The lowest BCUT2D eigenvalue weighted by Crippen LogP contribution is -2.62. The van der Waals surface area contributed by atoms with E-state index in [1.54, 1.807) is 6.92 Å². The molecule has 5 nitrogen and oxygen atoms in total. The Hall–Kier alpha value is -3.21. The van der Waals surface area contributed by atoms with Crippen molar-refractivity contribution in [2.75, 3.05) is 0 Å². The van der Waals surface area contributed by atoms with Crippen molar-refractivity contribution in [3.05, 3.63) is 78.0 Å². The molecule has 5 atom stereocenters. The van der Waals surface area contributed by atoms with E-state index in [2.05, 4.69) is 41.0 Å². The molecule has 3 aromatic rings. The molecule has 174 valence electrons. The molecule has 2 aliphatic heterocycles. The van der Waals surface area contributed by atoms with Gasteiger partial charge >= 0.3 is 0 Å². The molecule has 3 aliphatic rings. The van der Waals surface area contributed by atoms with Crippen molar-refractivity contribution in [3.63, 3.8) is 0 Å². The van der Waals surface area contributed by atoms with Crippen LogP contribution >= 0.6 is 0 Å². The van der Waals surface area contributed by atoms with Crippen LogP contribution in [0, 0.1) is 5.41 Å². The minimum atomic E-state index is -0.0751. The van der Waals surface area contributed by atoms with Crippen LogP contribution in [0.25, 0.3) is 10.9 Å². The van der Waals surface area contributed by atoms with Gasteiger partial charge in [0, 0.05) is 29.8 Å². The summed E-state index contributed by atoms with van der Waals surface area (Å²) < 4.78 is 0. The number of fused-ring (bicyclic) bond motifs is 2. The standard InChI is InChI=1S/C29H31N3O2/c1-19(33)31-24(17-20-9-4-3-5-10-20)25-18-29(2)26(31)13-8-14-27(29)32(25)28(34)23-16-15-21-11-6-7-12-22(21)30-23/h3-7,9-12,15-16,24-27H,8,13-14,17-18H2,1-2H3/t24-,25-,26+,27-,29+/m0/s1. The van der Waals surface area contributed by atoms with Gasteiger partial charge in [-0.15, -0.1) is 0 Å². The Labute approximate surface area is 200 Å². The predicted octanol–water partition coefficient (Wildman–Crippen LogP) is 4.85. The Balaban J connectivity index is 1.44. The molecular weight excluding hydrogens is 422 g/mol. The first-order valence-corrected chi connectivity index (χ1v) is 12.5. The molecule has 2 aromatic carbocycles. The molecule has 2 bridgehead atoms. The van der Waals surface area contributed by atoms with E-state index in [4.69, 9.17) is 4.98 Å². The van der Waals surface area contributed by atoms with Gasteiger partial charge in [0.25, 0.3) is 5.91 Å². The zero-order chi connectivity index (χ0) is 23.4. The van der Waals surface area contributed by atoms with Crippen LogP contribution in [0.1, 0.15) is 55.6 Å². The quantitative estimate of drug-likeness (QED) is 0.570. The molecule has 0 unspecified atom stereocenters. The third-order valence-corrected chi connectivity index (χ3v) is 8.66. The maximum atomic E-state index is 14.1. The summed E-state index contributed by atoms with van der Waals surface area (Å²) in [5.41, 5.74) is 2.48. The van der Waals surface area contributed by atoms with Gasteiger partial charge in [-0.2, -0.15) is 0 Å². The first-order valence-electron chi connectivity index (χ1n) is 12.5. The number of hydrogen-bond donors (Lipinski definition) is 0. The van der Waals surface area contributed by atoms with Crippen molar-refractivity contribution in [1.82, 2.24) is 14.8 Å². The Morgan fingerprint density at radius 1 is 0.941 bits per heavy atom. The number of hydrogen-bond acceptors (Lipinski definition) is 3. The predicted molar refractivity (Wildman–Crippen MR) is 132 cm³/mol. The number of pyridine rings is 1. The van der Waals surface area contributed by atoms with Crippen LogP contribution in [0.2, 0.25) is 0 Å². The van der Waals surface area contributed by atoms with E-state index >= 15 is 0 Å². The van der Waals surface area contributed by atoms with Crippen molar-refractivity contribution in [2.45, 2.75) is 70.1 Å². The average Bonchev–Trinajstić information content (AvgIpc) is 3.16. The van der Waals surface area contributed by atoms with Crippen LogP contribution in [0.5, 0.6) is 0 Å². The monoisotopic (exact) mass is 453 g/mol. The van der Waals surface area contributed by atoms with Crippen LogP contribution in [0.15, 0.2) is 66.7 Å². The van der Waals surface area contributed by atoms with Gasteiger partial charge < -0.3 is 9.80 Å². The lowest BCUT2D eigenvalue weighted by molar-refractivity contribution is -0.142. The molecule has 6 rings (SSSR count). The molecule has 0 radical (unpaired) electrons. The second-order valence-corrected chi connectivity index (χ2v) is 10.5. The zero-order valence-corrected chi connectivity index (χ0v) is 19.9. The summed E-state index contributed by atoms with van der Waals surface area (Å²) in [6.07, 6.45) is 4.75. The SMILES string of the molecule is CC(=O)N1[C@@H](Cc2ccccc2)[C@@H]2C[C@@]3(C)[C@H](CCC[C@@H]13)N2C(=O)c1ccc2ccccc2n1. The fraction of sp³-hybridized carbons (Fsp3) is 0.414. The average molecular weight is 454 g/mol. The van der Waals surface area contributed by atoms with Gasteiger partial charge in [-0.3, -0.25) is 9.59 Å². The highest BCUT2D eigenvalue weighted by molar-refractivity contribution is 5.96. The van der Waals surface area contributed by atoms with Crippen LogP contribution in [0.3, 0.4) is 0 Å². The largest absolute Gasteiger partial charge is 0.334 e. The summed E-state index contributed by atoms with van der Waals surface area (Å²) in [5, 5.41) is 1.04. The summed E-state index contributed by atoms with van der Waals surface area (Å²) >= 11 is 0. The van der Waals surface area contributed by atoms with E-state index in [9.17, 15) is 9.59 Å². The minimum absolute atomic E-state index is 0.00535. The van der Waals surface area contributed by atoms with Gasteiger partial charge in [0.1, 0.15) is 5.69 Å². The second kappa shape index (κ2) is 7.93. The Morgan fingerprint density at radius 3 is 2.41 bits per heavy atom. The Bertz CT molecular complexity index is 1260. The lowest BCUT2D eigenvalue weighted by Gasteiger charge is -2.52. The molecular formula is C29H31N3O2. The summed E-state index contributed by atoms with van der Waals surface area (Å²) in [7, 11) is 0. The first kappa shape index (κ1) is 21.3. The third-order valence-electron chi connectivity index (χ3n) is 8.66. The summed E-state index contributed by atoms with van der Waals surface area (Å²) in [6.45, 7) is 4.01. The van der Waals surface area contributed by atoms with Crippen LogP contribution < -0.4 is 0 Å². The number of para-hydroxylation sites is 1. The van der Waals surface area contributed by atoms with Crippen LogP contribution in [-0.4, -0.2) is 50.8 Å². The van der Waals surface area contributed by atoms with E-state index < -0.39 is 0 Å². The number of rotatable bonds is 3. The molecule has 5 heteroatoms. The van der Waals surface area contributed by atoms with Crippen LogP contribution in [0.4, 0.5) is 0 Å². The first-order chi connectivity index (χ1) is 16.5. The second-order valence-electron chi connectivity index (χ2n) is 10.5. The molecule has 1 saturated carbocycles. The van der Waals surface area contributed by atoms with E-state index in [1.165, 1.54) is 5.56 Å². The van der Waals surface area contributed by atoms with Crippen LogP contribution in [-0.2, 0) is 11.2 Å². The van der Waals surface area contributed by atoms with E-state index in [-0.39, 0.29) is 41.4 Å². The molecule has 0 N–H and O–H groups in total. The molecule has 2 amide bonds. The third kappa shape index (κ3) is 3.17. The molecule has 1 aromatic heterocycles. The van der Waals surface area contributed by atoms with E-state index in [0.717, 1.165) is 43.0 Å². The molecule has 2 saturated heterocycles. The van der Waals surface area contributed by atoms with Crippen molar-refractivity contribution < 1.29 is 9.59 Å².